The molecule has 4 rings (SSSR count). The van der Waals surface area contributed by atoms with Crippen LogP contribution in [0.2, 0.25) is 0 Å². The summed E-state index contributed by atoms with van der Waals surface area (Å²) in [5.41, 5.74) is 1.75. The molecule has 2 heterocycles. The molecule has 1 amide bonds. The SMILES string of the molecule is CCN1CCN(c2ccc(NC(=O)[C@H]3CCCN3S(=O)(=O)c3ccc(F)cc3)cc2)CC1. The Balaban J connectivity index is 1.41. The maximum atomic E-state index is 13.2. The van der Waals surface area contributed by atoms with Gasteiger partial charge < -0.3 is 15.1 Å². The van der Waals surface area contributed by atoms with Crippen molar-refractivity contribution in [3.8, 4) is 0 Å². The van der Waals surface area contributed by atoms with Gasteiger partial charge in [-0.25, -0.2) is 12.8 Å². The van der Waals surface area contributed by atoms with Crippen LogP contribution < -0.4 is 10.2 Å². The van der Waals surface area contributed by atoms with Crippen molar-refractivity contribution in [2.75, 3.05) is 49.5 Å². The molecule has 0 spiro atoms. The summed E-state index contributed by atoms with van der Waals surface area (Å²) in [7, 11) is -3.87. The third-order valence-corrected chi connectivity index (χ3v) is 8.17. The molecule has 2 aliphatic rings. The lowest BCUT2D eigenvalue weighted by Gasteiger charge is -2.35. The number of hydrogen-bond acceptors (Lipinski definition) is 5. The Morgan fingerprint density at radius 2 is 1.66 bits per heavy atom. The minimum absolute atomic E-state index is 0.00822. The molecule has 2 aromatic carbocycles. The number of likely N-dealkylation sites (N-methyl/N-ethyl adjacent to an activating group) is 1. The van der Waals surface area contributed by atoms with E-state index in [1.54, 1.807) is 0 Å². The summed E-state index contributed by atoms with van der Waals surface area (Å²) >= 11 is 0. The molecule has 32 heavy (non-hydrogen) atoms. The number of anilines is 2. The number of rotatable bonds is 6. The first-order chi connectivity index (χ1) is 15.4. The van der Waals surface area contributed by atoms with Crippen LogP contribution in [0.4, 0.5) is 15.8 Å². The van der Waals surface area contributed by atoms with Crippen LogP contribution in [0.1, 0.15) is 19.8 Å². The fourth-order valence-electron chi connectivity index (χ4n) is 4.34. The first-order valence-corrected chi connectivity index (χ1v) is 12.5. The highest BCUT2D eigenvalue weighted by atomic mass is 32.2. The van der Waals surface area contributed by atoms with Gasteiger partial charge in [0.2, 0.25) is 15.9 Å². The number of nitrogens with one attached hydrogen (secondary N) is 1. The Morgan fingerprint density at radius 3 is 2.28 bits per heavy atom. The van der Waals surface area contributed by atoms with Crippen LogP contribution in [0.15, 0.2) is 53.4 Å². The van der Waals surface area contributed by atoms with E-state index in [2.05, 4.69) is 22.0 Å². The second-order valence-electron chi connectivity index (χ2n) is 8.19. The van der Waals surface area contributed by atoms with Gasteiger partial charge in [0.1, 0.15) is 11.9 Å². The zero-order valence-electron chi connectivity index (χ0n) is 18.2. The molecular formula is C23H29FN4O3S. The fraction of sp³-hybridized carbons (Fsp3) is 0.435. The van der Waals surface area contributed by atoms with Gasteiger partial charge in [-0.15, -0.1) is 0 Å². The minimum Gasteiger partial charge on any atom is -0.369 e. The monoisotopic (exact) mass is 460 g/mol. The van der Waals surface area contributed by atoms with Gasteiger partial charge in [0.15, 0.2) is 0 Å². The fourth-order valence-corrected chi connectivity index (χ4v) is 5.99. The Labute approximate surface area is 188 Å². The molecule has 0 saturated carbocycles. The van der Waals surface area contributed by atoms with E-state index in [1.807, 2.05) is 24.3 Å². The molecule has 7 nitrogen and oxygen atoms in total. The van der Waals surface area contributed by atoms with E-state index >= 15 is 0 Å². The normalized spacial score (nSPS) is 20.4. The van der Waals surface area contributed by atoms with Gasteiger partial charge in [-0.05, 0) is 67.9 Å². The second kappa shape index (κ2) is 9.56. The van der Waals surface area contributed by atoms with Gasteiger partial charge in [-0.1, -0.05) is 6.92 Å². The first kappa shape index (κ1) is 22.7. The van der Waals surface area contributed by atoms with Crippen molar-refractivity contribution in [1.82, 2.24) is 9.21 Å². The molecule has 2 saturated heterocycles. The van der Waals surface area contributed by atoms with E-state index in [4.69, 9.17) is 0 Å². The highest BCUT2D eigenvalue weighted by Gasteiger charge is 2.39. The summed E-state index contributed by atoms with van der Waals surface area (Å²) in [5.74, 6) is -0.854. The average Bonchev–Trinajstić information content (AvgIpc) is 3.31. The molecule has 9 heteroatoms. The van der Waals surface area contributed by atoms with E-state index in [0.717, 1.165) is 50.5 Å². The van der Waals surface area contributed by atoms with E-state index < -0.39 is 21.9 Å². The predicted octanol–water partition coefficient (Wildman–Crippen LogP) is 2.76. The molecule has 0 unspecified atom stereocenters. The topological polar surface area (TPSA) is 73.0 Å². The zero-order chi connectivity index (χ0) is 22.7. The quantitative estimate of drug-likeness (QED) is 0.718. The third kappa shape index (κ3) is 4.79. The van der Waals surface area contributed by atoms with Crippen molar-refractivity contribution in [1.29, 1.82) is 0 Å². The number of sulfonamides is 1. The standard InChI is InChI=1S/C23H29FN4O3S/c1-2-26-14-16-27(17-15-26)20-9-7-19(8-10-20)25-23(29)22-4-3-13-28(22)32(30,31)21-11-5-18(24)6-12-21/h5-12,22H,2-4,13-17H2,1H3,(H,25,29)/t22-/m1/s1. The molecule has 0 radical (unpaired) electrons. The van der Waals surface area contributed by atoms with Gasteiger partial charge in [0.25, 0.3) is 0 Å². The number of carbonyl (C=O) groups is 1. The smallest absolute Gasteiger partial charge is 0.243 e. The van der Waals surface area contributed by atoms with Crippen LogP contribution in [-0.4, -0.2) is 68.8 Å². The lowest BCUT2D eigenvalue weighted by atomic mass is 10.2. The van der Waals surface area contributed by atoms with E-state index in [0.29, 0.717) is 18.5 Å². The summed E-state index contributed by atoms with van der Waals surface area (Å²) in [4.78, 5) is 17.7. The number of hydrogen-bond donors (Lipinski definition) is 1. The van der Waals surface area contributed by atoms with Crippen molar-refractivity contribution in [3.05, 3.63) is 54.3 Å². The molecule has 1 atom stereocenters. The Kier molecular flexibility index (Phi) is 6.78. The van der Waals surface area contributed by atoms with Gasteiger partial charge in [0, 0.05) is 44.1 Å². The van der Waals surface area contributed by atoms with Gasteiger partial charge in [-0.2, -0.15) is 4.31 Å². The van der Waals surface area contributed by atoms with Crippen LogP contribution in [0.5, 0.6) is 0 Å². The summed E-state index contributed by atoms with van der Waals surface area (Å²) < 4.78 is 40.4. The van der Waals surface area contributed by atoms with E-state index in [9.17, 15) is 17.6 Å². The summed E-state index contributed by atoms with van der Waals surface area (Å²) in [5, 5.41) is 2.86. The molecular weight excluding hydrogens is 431 g/mol. The molecule has 2 fully saturated rings. The summed E-state index contributed by atoms with van der Waals surface area (Å²) in [6.07, 6.45) is 1.05. The Bertz CT molecular complexity index is 1040. The van der Waals surface area contributed by atoms with Crippen LogP contribution >= 0.6 is 0 Å². The number of piperazine rings is 1. The lowest BCUT2D eigenvalue weighted by Crippen LogP contribution is -2.46. The highest BCUT2D eigenvalue weighted by Crippen LogP contribution is 2.27. The maximum Gasteiger partial charge on any atom is 0.243 e. The van der Waals surface area contributed by atoms with Crippen molar-refractivity contribution in [2.45, 2.75) is 30.7 Å². The largest absolute Gasteiger partial charge is 0.369 e. The number of halogens is 1. The molecule has 2 aromatic rings. The van der Waals surface area contributed by atoms with Crippen molar-refractivity contribution >= 4 is 27.3 Å². The maximum absolute atomic E-state index is 13.2. The predicted molar refractivity (Wildman–Crippen MR) is 123 cm³/mol. The van der Waals surface area contributed by atoms with Crippen molar-refractivity contribution < 1.29 is 17.6 Å². The molecule has 2 aliphatic heterocycles. The molecule has 1 N–H and O–H groups in total. The van der Waals surface area contributed by atoms with Crippen LogP contribution in [-0.2, 0) is 14.8 Å². The molecule has 0 aromatic heterocycles. The lowest BCUT2D eigenvalue weighted by molar-refractivity contribution is -0.119. The molecule has 172 valence electrons. The van der Waals surface area contributed by atoms with Crippen LogP contribution in [0.25, 0.3) is 0 Å². The molecule has 0 aliphatic carbocycles. The van der Waals surface area contributed by atoms with E-state index in [1.165, 1.54) is 16.4 Å². The van der Waals surface area contributed by atoms with Crippen molar-refractivity contribution in [3.63, 3.8) is 0 Å². The van der Waals surface area contributed by atoms with Gasteiger partial charge in [-0.3, -0.25) is 4.79 Å². The third-order valence-electron chi connectivity index (χ3n) is 6.25. The highest BCUT2D eigenvalue weighted by molar-refractivity contribution is 7.89. The van der Waals surface area contributed by atoms with E-state index in [-0.39, 0.29) is 17.3 Å². The Hall–Kier alpha value is -2.49. The summed E-state index contributed by atoms with van der Waals surface area (Å²) in [6, 6.07) is 11.6. The first-order valence-electron chi connectivity index (χ1n) is 11.0. The number of amides is 1. The van der Waals surface area contributed by atoms with Crippen LogP contribution in [0.3, 0.4) is 0 Å². The second-order valence-corrected chi connectivity index (χ2v) is 10.1. The Morgan fingerprint density at radius 1 is 1.00 bits per heavy atom. The summed E-state index contributed by atoms with van der Waals surface area (Å²) in [6.45, 7) is 7.51. The number of benzene rings is 2. The number of nitrogens with zero attached hydrogens (tertiary/aromatic N) is 3. The van der Waals surface area contributed by atoms with Gasteiger partial charge >= 0.3 is 0 Å². The minimum atomic E-state index is -3.87. The molecule has 0 bridgehead atoms. The van der Waals surface area contributed by atoms with Crippen LogP contribution in [0, 0.1) is 5.82 Å². The van der Waals surface area contributed by atoms with Crippen molar-refractivity contribution in [2.24, 2.45) is 0 Å². The zero-order valence-corrected chi connectivity index (χ0v) is 19.0. The number of carbonyl (C=O) groups excluding carboxylic acids is 1. The average molecular weight is 461 g/mol. The van der Waals surface area contributed by atoms with Gasteiger partial charge in [0.05, 0.1) is 4.90 Å².